The second-order valence-corrected chi connectivity index (χ2v) is 7.23. The molecule has 0 amide bonds. The fraction of sp³-hybridized carbons (Fsp3) is 0.227. The molecule has 0 aliphatic rings. The summed E-state index contributed by atoms with van der Waals surface area (Å²) in [6.07, 6.45) is 1.27. The van der Waals surface area contributed by atoms with E-state index in [1.807, 2.05) is 24.3 Å². The average Bonchev–Trinajstić information content (AvgIpc) is 3.09. The van der Waals surface area contributed by atoms with Crippen molar-refractivity contribution in [3.8, 4) is 11.8 Å². The van der Waals surface area contributed by atoms with Crippen molar-refractivity contribution in [3.05, 3.63) is 76.2 Å². The summed E-state index contributed by atoms with van der Waals surface area (Å²) in [5.74, 6) is 0.562. The Morgan fingerprint density at radius 3 is 2.66 bits per heavy atom. The minimum atomic E-state index is -0.348. The smallest absolute Gasteiger partial charge is 0.191 e. The number of hydrogen-bond donors (Lipinski definition) is 3. The van der Waals surface area contributed by atoms with Crippen LogP contribution in [0.25, 0.3) is 5.69 Å². The quantitative estimate of drug-likeness (QED) is 0.173. The molecule has 0 spiro atoms. The molecular weight excluding hydrogens is 544 g/mol. The van der Waals surface area contributed by atoms with E-state index < -0.39 is 0 Å². The first-order valence-corrected chi connectivity index (χ1v) is 10.1. The van der Waals surface area contributed by atoms with Crippen molar-refractivity contribution in [2.75, 3.05) is 19.3 Å². The van der Waals surface area contributed by atoms with Gasteiger partial charge in [-0.25, -0.2) is 9.07 Å². The predicted molar refractivity (Wildman–Crippen MR) is 136 cm³/mol. The molecule has 1 heterocycles. The third kappa shape index (κ3) is 6.58. The Morgan fingerprint density at radius 1 is 1.25 bits per heavy atom. The summed E-state index contributed by atoms with van der Waals surface area (Å²) in [5, 5.41) is 21.1. The van der Waals surface area contributed by atoms with Gasteiger partial charge in [-0.2, -0.15) is 10.4 Å². The Hall–Kier alpha value is -2.84. The number of halogens is 3. The van der Waals surface area contributed by atoms with Gasteiger partial charge in [0, 0.05) is 25.2 Å². The van der Waals surface area contributed by atoms with Crippen LogP contribution in [-0.2, 0) is 13.0 Å². The summed E-state index contributed by atoms with van der Waals surface area (Å²) >= 11 is 6.01. The number of hydrogen-bond acceptors (Lipinski definition) is 4. The van der Waals surface area contributed by atoms with Gasteiger partial charge in [0.25, 0.3) is 0 Å². The Balaban J connectivity index is 0.00000363. The van der Waals surface area contributed by atoms with Crippen molar-refractivity contribution >= 4 is 47.4 Å². The maximum absolute atomic E-state index is 13.2. The van der Waals surface area contributed by atoms with Gasteiger partial charge >= 0.3 is 0 Å². The van der Waals surface area contributed by atoms with Crippen LogP contribution in [0.1, 0.15) is 23.2 Å². The number of aryl methyl sites for hydroxylation is 1. The van der Waals surface area contributed by atoms with Crippen molar-refractivity contribution < 1.29 is 4.39 Å². The lowest BCUT2D eigenvalue weighted by Crippen LogP contribution is -2.37. The maximum atomic E-state index is 13.2. The minimum Gasteiger partial charge on any atom is -0.382 e. The van der Waals surface area contributed by atoms with E-state index in [2.05, 4.69) is 26.8 Å². The lowest BCUT2D eigenvalue weighted by atomic mass is 10.1. The van der Waals surface area contributed by atoms with Crippen LogP contribution in [0.5, 0.6) is 0 Å². The van der Waals surface area contributed by atoms with Gasteiger partial charge in [0.1, 0.15) is 23.3 Å². The Labute approximate surface area is 208 Å². The molecule has 3 aromatic rings. The van der Waals surface area contributed by atoms with Crippen molar-refractivity contribution in [1.29, 1.82) is 5.26 Å². The second kappa shape index (κ2) is 12.3. The summed E-state index contributed by atoms with van der Waals surface area (Å²) in [7, 11) is 1.70. The molecule has 0 fully saturated rings. The highest BCUT2D eigenvalue weighted by Gasteiger charge is 2.16. The molecule has 32 heavy (non-hydrogen) atoms. The number of aromatic nitrogens is 2. The van der Waals surface area contributed by atoms with Crippen LogP contribution in [-0.4, -0.2) is 29.3 Å². The van der Waals surface area contributed by atoms with E-state index in [-0.39, 0.29) is 35.6 Å². The van der Waals surface area contributed by atoms with Gasteiger partial charge in [-0.1, -0.05) is 23.7 Å². The largest absolute Gasteiger partial charge is 0.382 e. The van der Waals surface area contributed by atoms with E-state index in [4.69, 9.17) is 17.3 Å². The molecule has 7 nitrogen and oxygen atoms in total. The van der Waals surface area contributed by atoms with Gasteiger partial charge in [0.2, 0.25) is 0 Å². The molecular formula is C22H24ClFIN7. The van der Waals surface area contributed by atoms with E-state index in [9.17, 15) is 9.65 Å². The zero-order valence-electron chi connectivity index (χ0n) is 17.5. The number of aliphatic imine (C=N–C) groups is 1. The SMILES string of the molecule is CN=C(NCCCc1nn(-c2ccc(F)cc2)c(N)c1C#N)NCc1cccc(Cl)c1.I. The molecule has 0 saturated carbocycles. The normalized spacial score (nSPS) is 10.9. The summed E-state index contributed by atoms with van der Waals surface area (Å²) in [5.41, 5.74) is 8.69. The summed E-state index contributed by atoms with van der Waals surface area (Å²) in [6, 6.07) is 15.5. The number of anilines is 1. The Morgan fingerprint density at radius 2 is 2.00 bits per heavy atom. The molecule has 4 N–H and O–H groups in total. The Bertz CT molecular complexity index is 1110. The van der Waals surface area contributed by atoms with Crippen LogP contribution >= 0.6 is 35.6 Å². The number of nitrogens with one attached hydrogen (secondary N) is 2. The summed E-state index contributed by atoms with van der Waals surface area (Å²) in [4.78, 5) is 4.21. The van der Waals surface area contributed by atoms with Crippen LogP contribution in [0, 0.1) is 17.1 Å². The number of nitrogen functional groups attached to an aromatic ring is 1. The first-order chi connectivity index (χ1) is 15.0. The standard InChI is InChI=1S/C22H23ClFN7.HI/c1-27-22(29-14-15-4-2-5-16(23)12-15)28-11-3-6-20-19(13-25)21(26)31(30-20)18-9-7-17(24)8-10-18;/h2,4-5,7-10,12H,3,6,11,14,26H2,1H3,(H2,27,28,29);1H. The number of nitriles is 1. The molecule has 0 atom stereocenters. The van der Waals surface area contributed by atoms with E-state index in [1.165, 1.54) is 16.8 Å². The zero-order chi connectivity index (χ0) is 22.2. The highest BCUT2D eigenvalue weighted by Crippen LogP contribution is 2.21. The third-order valence-corrected chi connectivity index (χ3v) is 4.87. The molecule has 10 heteroatoms. The van der Waals surface area contributed by atoms with Crippen LogP contribution < -0.4 is 16.4 Å². The van der Waals surface area contributed by atoms with Gasteiger partial charge in [-0.05, 0) is 54.8 Å². The molecule has 0 unspecified atom stereocenters. The molecule has 0 saturated heterocycles. The summed E-state index contributed by atoms with van der Waals surface area (Å²) < 4.78 is 14.6. The lowest BCUT2D eigenvalue weighted by molar-refractivity contribution is 0.627. The van der Waals surface area contributed by atoms with Crippen molar-refractivity contribution in [2.24, 2.45) is 4.99 Å². The highest BCUT2D eigenvalue weighted by molar-refractivity contribution is 14.0. The van der Waals surface area contributed by atoms with E-state index >= 15 is 0 Å². The molecule has 0 radical (unpaired) electrons. The topological polar surface area (TPSA) is 104 Å². The number of rotatable bonds is 7. The zero-order valence-corrected chi connectivity index (χ0v) is 20.6. The average molecular weight is 568 g/mol. The Kier molecular flexibility index (Phi) is 9.74. The summed E-state index contributed by atoms with van der Waals surface area (Å²) in [6.45, 7) is 1.22. The van der Waals surface area contributed by atoms with E-state index in [0.29, 0.717) is 53.9 Å². The fourth-order valence-electron chi connectivity index (χ4n) is 3.07. The molecule has 0 aliphatic carbocycles. The van der Waals surface area contributed by atoms with Crippen molar-refractivity contribution in [2.45, 2.75) is 19.4 Å². The number of nitrogens with zero attached hydrogens (tertiary/aromatic N) is 4. The number of benzene rings is 2. The third-order valence-electron chi connectivity index (χ3n) is 4.63. The lowest BCUT2D eigenvalue weighted by Gasteiger charge is -2.12. The van der Waals surface area contributed by atoms with Gasteiger partial charge < -0.3 is 16.4 Å². The molecule has 168 valence electrons. The second-order valence-electron chi connectivity index (χ2n) is 6.79. The molecule has 3 rings (SSSR count). The molecule has 0 bridgehead atoms. The molecule has 0 aliphatic heterocycles. The van der Waals surface area contributed by atoms with Gasteiger partial charge in [0.15, 0.2) is 5.96 Å². The number of guanidine groups is 1. The highest BCUT2D eigenvalue weighted by atomic mass is 127. The minimum absolute atomic E-state index is 0. The van der Waals surface area contributed by atoms with Gasteiger partial charge in [-0.15, -0.1) is 24.0 Å². The van der Waals surface area contributed by atoms with Gasteiger partial charge in [0.05, 0.1) is 11.4 Å². The molecule has 1 aromatic heterocycles. The maximum Gasteiger partial charge on any atom is 0.191 e. The molecule has 2 aromatic carbocycles. The van der Waals surface area contributed by atoms with Crippen LogP contribution in [0.4, 0.5) is 10.2 Å². The van der Waals surface area contributed by atoms with E-state index in [0.717, 1.165) is 5.56 Å². The first kappa shape index (κ1) is 25.4. The van der Waals surface area contributed by atoms with Gasteiger partial charge in [-0.3, -0.25) is 4.99 Å². The predicted octanol–water partition coefficient (Wildman–Crippen LogP) is 4.03. The first-order valence-electron chi connectivity index (χ1n) is 9.74. The van der Waals surface area contributed by atoms with E-state index in [1.54, 1.807) is 19.2 Å². The fourth-order valence-corrected chi connectivity index (χ4v) is 3.28. The van der Waals surface area contributed by atoms with Crippen LogP contribution in [0.2, 0.25) is 5.02 Å². The monoisotopic (exact) mass is 567 g/mol. The van der Waals surface area contributed by atoms with Crippen LogP contribution in [0.15, 0.2) is 53.5 Å². The van der Waals surface area contributed by atoms with Crippen molar-refractivity contribution in [3.63, 3.8) is 0 Å². The number of nitrogens with two attached hydrogens (primary N) is 1. The van der Waals surface area contributed by atoms with Crippen molar-refractivity contribution in [1.82, 2.24) is 20.4 Å². The van der Waals surface area contributed by atoms with Crippen LogP contribution in [0.3, 0.4) is 0 Å².